The minimum Gasteiger partial charge on any atom is -0.497 e. The van der Waals surface area contributed by atoms with Gasteiger partial charge >= 0.3 is 0 Å². The van der Waals surface area contributed by atoms with E-state index >= 15 is 0 Å². The summed E-state index contributed by atoms with van der Waals surface area (Å²) in [5.74, 6) is 0.971. The minimum atomic E-state index is -0.436. The molecule has 0 heterocycles. The number of methoxy groups -OCH3 is 1. The van der Waals surface area contributed by atoms with Gasteiger partial charge in [0.25, 0.3) is 0 Å². The Morgan fingerprint density at radius 1 is 1.35 bits per heavy atom. The van der Waals surface area contributed by atoms with Crippen LogP contribution in [0.15, 0.2) is 49.1 Å². The maximum absolute atomic E-state index is 12.0. The zero-order valence-electron chi connectivity index (χ0n) is 11.8. The highest BCUT2D eigenvalue weighted by Gasteiger charge is 2.38. The Bertz CT molecular complexity index is 501. The van der Waals surface area contributed by atoms with Crippen LogP contribution >= 0.6 is 0 Å². The molecule has 1 aliphatic carbocycles. The summed E-state index contributed by atoms with van der Waals surface area (Å²) >= 11 is 0. The molecule has 0 fully saturated rings. The van der Waals surface area contributed by atoms with Crippen LogP contribution in [0.1, 0.15) is 18.4 Å². The lowest BCUT2D eigenvalue weighted by Crippen LogP contribution is -2.31. The van der Waals surface area contributed by atoms with Gasteiger partial charge in [-0.1, -0.05) is 24.3 Å². The first kappa shape index (κ1) is 14.5. The van der Waals surface area contributed by atoms with E-state index in [0.29, 0.717) is 19.6 Å². The lowest BCUT2D eigenvalue weighted by Gasteiger charge is -2.25. The van der Waals surface area contributed by atoms with Crippen LogP contribution in [0.25, 0.3) is 0 Å². The maximum Gasteiger partial charge on any atom is 0.164 e. The Morgan fingerprint density at radius 3 is 2.65 bits per heavy atom. The van der Waals surface area contributed by atoms with Gasteiger partial charge in [0.2, 0.25) is 0 Å². The summed E-state index contributed by atoms with van der Waals surface area (Å²) in [6.07, 6.45) is 6.76. The van der Waals surface area contributed by atoms with Crippen LogP contribution in [0.5, 0.6) is 5.75 Å². The first-order valence-electron chi connectivity index (χ1n) is 6.73. The van der Waals surface area contributed by atoms with E-state index in [4.69, 9.17) is 9.47 Å². The topological polar surface area (TPSA) is 35.5 Å². The Kier molecular flexibility index (Phi) is 4.74. The summed E-state index contributed by atoms with van der Waals surface area (Å²) in [6, 6.07) is 7.74. The third-order valence-corrected chi connectivity index (χ3v) is 3.64. The molecule has 0 saturated heterocycles. The van der Waals surface area contributed by atoms with Crippen LogP contribution in [-0.4, -0.2) is 19.5 Å². The summed E-state index contributed by atoms with van der Waals surface area (Å²) in [5, 5.41) is 0. The predicted molar refractivity (Wildman–Crippen MR) is 78.7 cm³/mol. The van der Waals surface area contributed by atoms with Crippen molar-refractivity contribution in [2.75, 3.05) is 13.7 Å². The van der Waals surface area contributed by atoms with Gasteiger partial charge in [-0.2, -0.15) is 0 Å². The molecule has 1 atom stereocenters. The Morgan fingerprint density at radius 2 is 2.10 bits per heavy atom. The average Bonchev–Trinajstić information content (AvgIpc) is 2.81. The smallest absolute Gasteiger partial charge is 0.164 e. The molecule has 0 aliphatic heterocycles. The molecular formula is C17H20O3. The number of benzene rings is 1. The fourth-order valence-corrected chi connectivity index (χ4v) is 2.40. The standard InChI is InChI=1S/C17H20O3/c1-3-10-17(11-4-5-16(17)18)13-20-12-14-6-8-15(19-2)9-7-14/h3-9H,1,10-13H2,2H3/t17-/m0/s1. The second-order valence-electron chi connectivity index (χ2n) is 5.08. The number of hydrogen-bond donors (Lipinski definition) is 0. The third kappa shape index (κ3) is 3.17. The molecule has 3 heteroatoms. The van der Waals surface area contributed by atoms with E-state index in [1.807, 2.05) is 30.3 Å². The number of rotatable bonds is 7. The normalized spacial score (nSPS) is 21.1. The van der Waals surface area contributed by atoms with Crippen molar-refractivity contribution in [3.05, 3.63) is 54.6 Å². The summed E-state index contributed by atoms with van der Waals surface area (Å²) in [5.41, 5.74) is 0.631. The van der Waals surface area contributed by atoms with E-state index in [0.717, 1.165) is 17.7 Å². The van der Waals surface area contributed by atoms with Gasteiger partial charge in [-0.25, -0.2) is 0 Å². The first-order chi connectivity index (χ1) is 9.70. The van der Waals surface area contributed by atoms with E-state index in [-0.39, 0.29) is 5.78 Å². The summed E-state index contributed by atoms with van der Waals surface area (Å²) in [7, 11) is 1.64. The van der Waals surface area contributed by atoms with E-state index in [9.17, 15) is 4.79 Å². The highest BCUT2D eigenvalue weighted by atomic mass is 16.5. The number of ether oxygens (including phenoxy) is 2. The number of allylic oxidation sites excluding steroid dienone is 3. The van der Waals surface area contributed by atoms with Crippen molar-refractivity contribution < 1.29 is 14.3 Å². The Labute approximate surface area is 119 Å². The Hall–Kier alpha value is -1.87. The second kappa shape index (κ2) is 6.53. The van der Waals surface area contributed by atoms with Gasteiger partial charge in [0.05, 0.1) is 25.7 Å². The highest BCUT2D eigenvalue weighted by molar-refractivity contribution is 5.97. The summed E-state index contributed by atoms with van der Waals surface area (Å²) in [4.78, 5) is 12.0. The van der Waals surface area contributed by atoms with Crippen molar-refractivity contribution in [3.63, 3.8) is 0 Å². The fourth-order valence-electron chi connectivity index (χ4n) is 2.40. The van der Waals surface area contributed by atoms with E-state index in [1.54, 1.807) is 19.3 Å². The van der Waals surface area contributed by atoms with Gasteiger partial charge in [-0.3, -0.25) is 4.79 Å². The molecule has 0 bridgehead atoms. The minimum absolute atomic E-state index is 0.145. The lowest BCUT2D eigenvalue weighted by molar-refractivity contribution is -0.126. The number of hydrogen-bond acceptors (Lipinski definition) is 3. The van der Waals surface area contributed by atoms with Gasteiger partial charge in [-0.15, -0.1) is 6.58 Å². The molecule has 0 saturated carbocycles. The average molecular weight is 272 g/mol. The molecule has 106 valence electrons. The van der Waals surface area contributed by atoms with Gasteiger partial charge in [-0.05, 0) is 36.6 Å². The largest absolute Gasteiger partial charge is 0.497 e. The molecule has 0 radical (unpaired) electrons. The van der Waals surface area contributed by atoms with Crippen LogP contribution in [0.3, 0.4) is 0 Å². The molecule has 20 heavy (non-hydrogen) atoms. The molecule has 3 nitrogen and oxygen atoms in total. The zero-order valence-corrected chi connectivity index (χ0v) is 11.8. The van der Waals surface area contributed by atoms with Crippen LogP contribution in [0, 0.1) is 5.41 Å². The molecular weight excluding hydrogens is 252 g/mol. The molecule has 1 aromatic carbocycles. The lowest BCUT2D eigenvalue weighted by atomic mass is 9.82. The molecule has 0 aromatic heterocycles. The van der Waals surface area contributed by atoms with Gasteiger partial charge in [0.15, 0.2) is 5.78 Å². The number of carbonyl (C=O) groups excluding carboxylic acids is 1. The molecule has 1 aromatic rings. The van der Waals surface area contributed by atoms with E-state index in [1.165, 1.54) is 0 Å². The monoisotopic (exact) mass is 272 g/mol. The molecule has 0 spiro atoms. The van der Waals surface area contributed by atoms with Crippen molar-refractivity contribution in [2.24, 2.45) is 5.41 Å². The van der Waals surface area contributed by atoms with E-state index < -0.39 is 5.41 Å². The van der Waals surface area contributed by atoms with Crippen molar-refractivity contribution in [3.8, 4) is 5.75 Å². The predicted octanol–water partition coefficient (Wildman–Crippen LogP) is 3.30. The summed E-state index contributed by atoms with van der Waals surface area (Å²) in [6.45, 7) is 4.66. The second-order valence-corrected chi connectivity index (χ2v) is 5.08. The van der Waals surface area contributed by atoms with Gasteiger partial charge < -0.3 is 9.47 Å². The van der Waals surface area contributed by atoms with Gasteiger partial charge in [0.1, 0.15) is 5.75 Å². The maximum atomic E-state index is 12.0. The number of carbonyl (C=O) groups is 1. The van der Waals surface area contributed by atoms with Crippen molar-refractivity contribution in [1.29, 1.82) is 0 Å². The van der Waals surface area contributed by atoms with Crippen LogP contribution in [-0.2, 0) is 16.1 Å². The summed E-state index contributed by atoms with van der Waals surface area (Å²) < 4.78 is 10.9. The Balaban J connectivity index is 1.90. The highest BCUT2D eigenvalue weighted by Crippen LogP contribution is 2.34. The van der Waals surface area contributed by atoms with Gasteiger partial charge in [0, 0.05) is 0 Å². The first-order valence-corrected chi connectivity index (χ1v) is 6.73. The fraction of sp³-hybridized carbons (Fsp3) is 0.353. The zero-order chi connectivity index (χ0) is 14.4. The van der Waals surface area contributed by atoms with E-state index in [2.05, 4.69) is 6.58 Å². The quantitative estimate of drug-likeness (QED) is 0.714. The SMILES string of the molecule is C=CC[C@@]1(COCc2ccc(OC)cc2)CC=CC1=O. The van der Waals surface area contributed by atoms with Crippen LogP contribution < -0.4 is 4.74 Å². The molecule has 0 unspecified atom stereocenters. The third-order valence-electron chi connectivity index (χ3n) is 3.64. The molecule has 0 amide bonds. The number of ketones is 1. The van der Waals surface area contributed by atoms with Crippen molar-refractivity contribution >= 4 is 5.78 Å². The van der Waals surface area contributed by atoms with Crippen molar-refractivity contribution in [1.82, 2.24) is 0 Å². The van der Waals surface area contributed by atoms with Crippen LogP contribution in [0.2, 0.25) is 0 Å². The van der Waals surface area contributed by atoms with Crippen LogP contribution in [0.4, 0.5) is 0 Å². The molecule has 1 aliphatic rings. The molecule has 2 rings (SSSR count). The molecule has 0 N–H and O–H groups in total. The van der Waals surface area contributed by atoms with Crippen molar-refractivity contribution in [2.45, 2.75) is 19.4 Å².